The van der Waals surface area contributed by atoms with Crippen LogP contribution in [0.3, 0.4) is 0 Å². The van der Waals surface area contributed by atoms with Crippen LogP contribution >= 0.6 is 0 Å². The van der Waals surface area contributed by atoms with Gasteiger partial charge in [0.2, 0.25) is 0 Å². The van der Waals surface area contributed by atoms with Crippen LogP contribution in [-0.2, 0) is 0 Å². The number of nitrogens with zero attached hydrogens (tertiary/aromatic N) is 1. The van der Waals surface area contributed by atoms with Gasteiger partial charge in [0, 0.05) is 0 Å². The summed E-state index contributed by atoms with van der Waals surface area (Å²) >= 11 is 0. The van der Waals surface area contributed by atoms with Gasteiger partial charge in [0.05, 0.1) is 0 Å². The molecular formula is C5H4N4O5. The molecular weight excluding hydrogens is 196 g/mol. The molecule has 9 heteroatoms. The van der Waals surface area contributed by atoms with Gasteiger partial charge in [-0.3, -0.25) is 19.7 Å². The first-order chi connectivity index (χ1) is 6.63. The van der Waals surface area contributed by atoms with E-state index in [1.54, 1.807) is 0 Å². The summed E-state index contributed by atoms with van der Waals surface area (Å²) in [5.74, 6) is 0. The SMILES string of the molecule is O=c1[nH]c2[nH]c(=O)n(OO)c(=O)c2[nH]1. The van der Waals surface area contributed by atoms with E-state index in [4.69, 9.17) is 5.26 Å². The number of aromatic amines is 3. The summed E-state index contributed by atoms with van der Waals surface area (Å²) in [6.07, 6.45) is 0. The van der Waals surface area contributed by atoms with Crippen molar-refractivity contribution >= 4 is 11.2 Å². The maximum atomic E-state index is 11.3. The highest BCUT2D eigenvalue weighted by Crippen LogP contribution is 1.90. The molecule has 0 unspecified atom stereocenters. The van der Waals surface area contributed by atoms with Gasteiger partial charge < -0.3 is 0 Å². The molecule has 0 saturated carbocycles. The van der Waals surface area contributed by atoms with Crippen molar-refractivity contribution in [1.82, 2.24) is 19.7 Å². The fourth-order valence-electron chi connectivity index (χ4n) is 1.06. The maximum Gasteiger partial charge on any atom is 0.366 e. The largest absolute Gasteiger partial charge is 0.366 e. The van der Waals surface area contributed by atoms with Crippen LogP contribution in [0.1, 0.15) is 0 Å². The molecule has 74 valence electrons. The van der Waals surface area contributed by atoms with Gasteiger partial charge in [0.1, 0.15) is 5.65 Å². The molecule has 0 amide bonds. The average Bonchev–Trinajstić information content (AvgIpc) is 2.47. The van der Waals surface area contributed by atoms with Gasteiger partial charge in [-0.1, -0.05) is 0 Å². The van der Waals surface area contributed by atoms with Gasteiger partial charge in [-0.15, -0.1) is 0 Å². The van der Waals surface area contributed by atoms with Gasteiger partial charge in [0.15, 0.2) is 5.52 Å². The van der Waals surface area contributed by atoms with E-state index >= 15 is 0 Å². The Balaban J connectivity index is 3.07. The van der Waals surface area contributed by atoms with Crippen LogP contribution in [0.2, 0.25) is 0 Å². The van der Waals surface area contributed by atoms with Gasteiger partial charge in [-0.05, 0) is 4.73 Å². The van der Waals surface area contributed by atoms with Crippen molar-refractivity contribution in [3.63, 3.8) is 0 Å². The molecule has 2 rings (SSSR count). The van der Waals surface area contributed by atoms with Gasteiger partial charge in [-0.25, -0.2) is 14.6 Å². The number of hydrogen-bond acceptors (Lipinski definition) is 5. The Morgan fingerprint density at radius 1 is 1.14 bits per heavy atom. The molecule has 0 atom stereocenters. The molecule has 2 aromatic heterocycles. The highest BCUT2D eigenvalue weighted by molar-refractivity contribution is 5.67. The van der Waals surface area contributed by atoms with E-state index < -0.39 is 16.9 Å². The molecule has 2 aromatic rings. The number of rotatable bonds is 1. The highest BCUT2D eigenvalue weighted by atomic mass is 17.2. The molecule has 2 heterocycles. The minimum atomic E-state index is -1.000. The van der Waals surface area contributed by atoms with Crippen LogP contribution in [0.5, 0.6) is 0 Å². The second-order valence-electron chi connectivity index (χ2n) is 2.44. The zero-order chi connectivity index (χ0) is 10.3. The molecule has 14 heavy (non-hydrogen) atoms. The van der Waals surface area contributed by atoms with Crippen molar-refractivity contribution in [3.05, 3.63) is 31.3 Å². The topological polar surface area (TPSA) is 133 Å². The predicted molar refractivity (Wildman–Crippen MR) is 43.0 cm³/mol. The number of H-pyrrole nitrogens is 3. The lowest BCUT2D eigenvalue weighted by molar-refractivity contribution is -0.248. The zero-order valence-electron chi connectivity index (χ0n) is 6.53. The first-order valence-electron chi connectivity index (χ1n) is 3.42. The number of nitrogens with one attached hydrogen (secondary N) is 3. The Morgan fingerprint density at radius 2 is 1.86 bits per heavy atom. The fraction of sp³-hybridized carbons (Fsp3) is 0. The average molecular weight is 200 g/mol. The summed E-state index contributed by atoms with van der Waals surface area (Å²) in [4.78, 5) is 42.9. The van der Waals surface area contributed by atoms with Crippen LogP contribution in [0.15, 0.2) is 14.4 Å². The summed E-state index contributed by atoms with van der Waals surface area (Å²) in [7, 11) is 0. The summed E-state index contributed by atoms with van der Waals surface area (Å²) in [5.41, 5.74) is -2.87. The van der Waals surface area contributed by atoms with Gasteiger partial charge in [0.25, 0.3) is 0 Å². The van der Waals surface area contributed by atoms with E-state index in [9.17, 15) is 14.4 Å². The van der Waals surface area contributed by atoms with Crippen LogP contribution in [-0.4, -0.2) is 24.9 Å². The highest BCUT2D eigenvalue weighted by Gasteiger charge is 2.10. The molecule has 4 N–H and O–H groups in total. The van der Waals surface area contributed by atoms with Crippen LogP contribution in [0, 0.1) is 0 Å². The van der Waals surface area contributed by atoms with E-state index in [-0.39, 0.29) is 15.9 Å². The lowest BCUT2D eigenvalue weighted by Gasteiger charge is -1.96. The molecule has 0 aliphatic rings. The fourth-order valence-corrected chi connectivity index (χ4v) is 1.06. The molecule has 0 spiro atoms. The van der Waals surface area contributed by atoms with E-state index in [0.717, 1.165) is 0 Å². The van der Waals surface area contributed by atoms with E-state index in [0.29, 0.717) is 0 Å². The Morgan fingerprint density at radius 3 is 2.50 bits per heavy atom. The standard InChI is InChI=1S/C5H4N4O5/c10-3-1-2(7-4(11)6-1)8-5(12)9(3)14-13/h13H,(H,8,12)(H2,6,7,11). The van der Waals surface area contributed by atoms with Crippen LogP contribution in [0.4, 0.5) is 0 Å². The maximum absolute atomic E-state index is 11.3. The second kappa shape index (κ2) is 2.60. The third-order valence-electron chi connectivity index (χ3n) is 1.62. The van der Waals surface area contributed by atoms with Crippen molar-refractivity contribution in [2.45, 2.75) is 0 Å². The third kappa shape index (κ3) is 0.959. The van der Waals surface area contributed by atoms with Gasteiger partial charge in [-0.2, -0.15) is 5.26 Å². The van der Waals surface area contributed by atoms with Crippen molar-refractivity contribution in [2.24, 2.45) is 0 Å². The van der Waals surface area contributed by atoms with Crippen molar-refractivity contribution in [3.8, 4) is 0 Å². The number of aromatic nitrogens is 4. The molecule has 0 saturated heterocycles. The lowest BCUT2D eigenvalue weighted by atomic mass is 10.5. The van der Waals surface area contributed by atoms with E-state index in [2.05, 4.69) is 19.9 Å². The second-order valence-corrected chi connectivity index (χ2v) is 2.44. The minimum Gasteiger partial charge on any atom is -0.300 e. The summed E-state index contributed by atoms with van der Waals surface area (Å²) in [5, 5.41) is 8.21. The number of imidazole rings is 1. The monoisotopic (exact) mass is 200 g/mol. The first kappa shape index (κ1) is 8.31. The molecule has 0 aliphatic heterocycles. The normalized spacial score (nSPS) is 10.6. The molecule has 0 aromatic carbocycles. The summed E-state index contributed by atoms with van der Waals surface area (Å²) in [6.45, 7) is 0. The molecule has 0 radical (unpaired) electrons. The summed E-state index contributed by atoms with van der Waals surface area (Å²) < 4.78 is 0.0616. The quantitative estimate of drug-likeness (QED) is 0.301. The Kier molecular flexibility index (Phi) is 1.54. The van der Waals surface area contributed by atoms with Gasteiger partial charge >= 0.3 is 16.9 Å². The minimum absolute atomic E-state index is 0.0571. The lowest BCUT2D eigenvalue weighted by Crippen LogP contribution is -2.38. The van der Waals surface area contributed by atoms with Crippen molar-refractivity contribution < 1.29 is 10.2 Å². The molecule has 0 bridgehead atoms. The molecule has 0 aliphatic carbocycles. The van der Waals surface area contributed by atoms with Crippen molar-refractivity contribution in [1.29, 1.82) is 0 Å². The smallest absolute Gasteiger partial charge is 0.300 e. The Bertz CT molecular complexity index is 642. The third-order valence-corrected chi connectivity index (χ3v) is 1.62. The predicted octanol–water partition coefficient (Wildman–Crippen LogP) is -2.39. The van der Waals surface area contributed by atoms with Crippen LogP contribution in [0.25, 0.3) is 11.2 Å². The van der Waals surface area contributed by atoms with E-state index in [1.807, 2.05) is 0 Å². The zero-order valence-corrected chi connectivity index (χ0v) is 6.53. The number of hydrogen-bond donors (Lipinski definition) is 4. The van der Waals surface area contributed by atoms with Crippen molar-refractivity contribution in [2.75, 3.05) is 0 Å². The Labute approximate surface area is 73.5 Å². The molecule has 0 fully saturated rings. The van der Waals surface area contributed by atoms with Crippen LogP contribution < -0.4 is 21.9 Å². The Hall–Kier alpha value is -2.29. The van der Waals surface area contributed by atoms with E-state index in [1.165, 1.54) is 0 Å². The number of fused-ring (bicyclic) bond motifs is 1. The molecule has 9 nitrogen and oxygen atoms in total. The summed E-state index contributed by atoms with van der Waals surface area (Å²) in [6, 6.07) is 0. The first-order valence-corrected chi connectivity index (χ1v) is 3.42.